The molecule has 2 N–H and O–H groups in total. The SMILES string of the molecule is NC(CCC(=O)c1ccccc1F)c1ccccc1. The van der Waals surface area contributed by atoms with Gasteiger partial charge in [-0.3, -0.25) is 4.79 Å². The summed E-state index contributed by atoms with van der Waals surface area (Å²) in [6.45, 7) is 0. The van der Waals surface area contributed by atoms with Gasteiger partial charge in [0.25, 0.3) is 0 Å². The molecule has 0 aromatic heterocycles. The average molecular weight is 257 g/mol. The Morgan fingerprint density at radius 1 is 1.05 bits per heavy atom. The zero-order chi connectivity index (χ0) is 13.7. The lowest BCUT2D eigenvalue weighted by Gasteiger charge is -2.11. The molecule has 19 heavy (non-hydrogen) atoms. The number of rotatable bonds is 5. The molecule has 3 heteroatoms. The van der Waals surface area contributed by atoms with E-state index in [0.717, 1.165) is 5.56 Å². The van der Waals surface area contributed by atoms with E-state index in [0.29, 0.717) is 6.42 Å². The topological polar surface area (TPSA) is 43.1 Å². The van der Waals surface area contributed by atoms with Crippen LogP contribution in [0.15, 0.2) is 54.6 Å². The molecule has 2 nitrogen and oxygen atoms in total. The number of carbonyl (C=O) groups excluding carboxylic acids is 1. The van der Waals surface area contributed by atoms with Crippen LogP contribution in [0.25, 0.3) is 0 Å². The first-order valence-corrected chi connectivity index (χ1v) is 6.26. The average Bonchev–Trinajstić information content (AvgIpc) is 2.46. The Labute approximate surface area is 112 Å². The van der Waals surface area contributed by atoms with Gasteiger partial charge in [-0.15, -0.1) is 0 Å². The molecule has 0 saturated heterocycles. The molecule has 0 heterocycles. The summed E-state index contributed by atoms with van der Waals surface area (Å²) < 4.78 is 13.4. The molecule has 0 fully saturated rings. The monoisotopic (exact) mass is 257 g/mol. The van der Waals surface area contributed by atoms with E-state index in [9.17, 15) is 9.18 Å². The first-order valence-electron chi connectivity index (χ1n) is 6.26. The van der Waals surface area contributed by atoms with Gasteiger partial charge in [0.1, 0.15) is 5.82 Å². The minimum atomic E-state index is -0.471. The lowest BCUT2D eigenvalue weighted by atomic mass is 9.99. The van der Waals surface area contributed by atoms with Crippen LogP contribution in [-0.2, 0) is 0 Å². The number of Topliss-reactive ketones (excluding diaryl/α,β-unsaturated/α-hetero) is 1. The molecule has 1 unspecified atom stereocenters. The molecule has 0 bridgehead atoms. The third-order valence-corrected chi connectivity index (χ3v) is 3.08. The molecule has 2 aromatic carbocycles. The van der Waals surface area contributed by atoms with Crippen molar-refractivity contribution in [2.45, 2.75) is 18.9 Å². The van der Waals surface area contributed by atoms with E-state index in [1.54, 1.807) is 12.1 Å². The first-order chi connectivity index (χ1) is 9.18. The Balaban J connectivity index is 1.96. The van der Waals surface area contributed by atoms with E-state index in [1.807, 2.05) is 30.3 Å². The second-order valence-electron chi connectivity index (χ2n) is 4.46. The van der Waals surface area contributed by atoms with Gasteiger partial charge in [0.05, 0.1) is 5.56 Å². The maximum absolute atomic E-state index is 13.4. The van der Waals surface area contributed by atoms with Crippen LogP contribution in [0.2, 0.25) is 0 Å². The van der Waals surface area contributed by atoms with Crippen LogP contribution in [0.5, 0.6) is 0 Å². The highest BCUT2D eigenvalue weighted by Gasteiger charge is 2.13. The summed E-state index contributed by atoms with van der Waals surface area (Å²) in [5.74, 6) is -0.676. The molecule has 0 radical (unpaired) electrons. The fourth-order valence-electron chi connectivity index (χ4n) is 1.98. The summed E-state index contributed by atoms with van der Waals surface area (Å²) in [6, 6.07) is 15.4. The Morgan fingerprint density at radius 3 is 2.37 bits per heavy atom. The molecule has 98 valence electrons. The smallest absolute Gasteiger partial charge is 0.165 e. The summed E-state index contributed by atoms with van der Waals surface area (Å²) in [7, 11) is 0. The molecule has 0 aliphatic rings. The second-order valence-corrected chi connectivity index (χ2v) is 4.46. The number of benzene rings is 2. The highest BCUT2D eigenvalue weighted by molar-refractivity contribution is 5.96. The van der Waals surface area contributed by atoms with E-state index in [-0.39, 0.29) is 23.8 Å². The van der Waals surface area contributed by atoms with Crippen LogP contribution in [-0.4, -0.2) is 5.78 Å². The number of nitrogens with two attached hydrogens (primary N) is 1. The molecular formula is C16H16FNO. The Hall–Kier alpha value is -2.00. The Kier molecular flexibility index (Phi) is 4.42. The normalized spacial score (nSPS) is 12.1. The molecule has 0 saturated carbocycles. The largest absolute Gasteiger partial charge is 0.324 e. The van der Waals surface area contributed by atoms with E-state index in [2.05, 4.69) is 0 Å². The fourth-order valence-corrected chi connectivity index (χ4v) is 1.98. The fraction of sp³-hybridized carbons (Fsp3) is 0.188. The number of hydrogen-bond acceptors (Lipinski definition) is 2. The van der Waals surface area contributed by atoms with Gasteiger partial charge in [-0.1, -0.05) is 42.5 Å². The zero-order valence-corrected chi connectivity index (χ0v) is 10.6. The highest BCUT2D eigenvalue weighted by atomic mass is 19.1. The van der Waals surface area contributed by atoms with Crippen molar-refractivity contribution >= 4 is 5.78 Å². The van der Waals surface area contributed by atoms with Crippen molar-refractivity contribution in [1.29, 1.82) is 0 Å². The van der Waals surface area contributed by atoms with E-state index in [4.69, 9.17) is 5.73 Å². The minimum Gasteiger partial charge on any atom is -0.324 e. The lowest BCUT2D eigenvalue weighted by Crippen LogP contribution is -2.13. The molecular weight excluding hydrogens is 241 g/mol. The van der Waals surface area contributed by atoms with Gasteiger partial charge >= 0.3 is 0 Å². The Morgan fingerprint density at radius 2 is 1.68 bits per heavy atom. The van der Waals surface area contributed by atoms with Gasteiger partial charge in [-0.25, -0.2) is 4.39 Å². The highest BCUT2D eigenvalue weighted by Crippen LogP contribution is 2.18. The predicted molar refractivity (Wildman–Crippen MR) is 73.3 cm³/mol. The van der Waals surface area contributed by atoms with Crippen molar-refractivity contribution in [2.75, 3.05) is 0 Å². The number of halogens is 1. The third-order valence-electron chi connectivity index (χ3n) is 3.08. The van der Waals surface area contributed by atoms with Crippen LogP contribution in [0, 0.1) is 5.82 Å². The van der Waals surface area contributed by atoms with Gasteiger partial charge in [0.2, 0.25) is 0 Å². The van der Waals surface area contributed by atoms with Gasteiger partial charge in [0, 0.05) is 12.5 Å². The van der Waals surface area contributed by atoms with Crippen molar-refractivity contribution in [1.82, 2.24) is 0 Å². The molecule has 0 aliphatic heterocycles. The minimum absolute atomic E-state index is 0.141. The number of hydrogen-bond donors (Lipinski definition) is 1. The molecule has 2 rings (SSSR count). The summed E-state index contributed by atoms with van der Waals surface area (Å²) in [6.07, 6.45) is 0.758. The molecule has 1 atom stereocenters. The van der Waals surface area contributed by atoms with Gasteiger partial charge in [-0.05, 0) is 24.1 Å². The second kappa shape index (κ2) is 6.25. The molecule has 0 spiro atoms. The summed E-state index contributed by atoms with van der Waals surface area (Å²) >= 11 is 0. The standard InChI is InChI=1S/C16H16FNO/c17-14-9-5-4-8-13(14)16(19)11-10-15(18)12-6-2-1-3-7-12/h1-9,15H,10-11,18H2. The molecule has 0 amide bonds. The van der Waals surface area contributed by atoms with Crippen LogP contribution < -0.4 is 5.73 Å². The molecule has 2 aromatic rings. The maximum Gasteiger partial charge on any atom is 0.165 e. The van der Waals surface area contributed by atoms with Crippen LogP contribution >= 0.6 is 0 Å². The predicted octanol–water partition coefficient (Wildman–Crippen LogP) is 3.49. The van der Waals surface area contributed by atoms with Crippen LogP contribution in [0.3, 0.4) is 0 Å². The van der Waals surface area contributed by atoms with Crippen molar-refractivity contribution in [2.24, 2.45) is 5.73 Å². The number of carbonyl (C=O) groups is 1. The molecule has 0 aliphatic carbocycles. The van der Waals surface area contributed by atoms with Crippen LogP contribution in [0.4, 0.5) is 4.39 Å². The first kappa shape index (κ1) is 13.4. The van der Waals surface area contributed by atoms with Crippen molar-refractivity contribution in [3.05, 3.63) is 71.5 Å². The van der Waals surface area contributed by atoms with Gasteiger partial charge < -0.3 is 5.73 Å². The van der Waals surface area contributed by atoms with Crippen molar-refractivity contribution in [3.63, 3.8) is 0 Å². The number of ketones is 1. The van der Waals surface area contributed by atoms with Gasteiger partial charge in [-0.2, -0.15) is 0 Å². The zero-order valence-electron chi connectivity index (χ0n) is 10.6. The lowest BCUT2D eigenvalue weighted by molar-refractivity contribution is 0.0973. The Bertz CT molecular complexity index is 554. The van der Waals surface area contributed by atoms with Gasteiger partial charge in [0.15, 0.2) is 5.78 Å². The maximum atomic E-state index is 13.4. The van der Waals surface area contributed by atoms with E-state index < -0.39 is 5.82 Å². The summed E-state index contributed by atoms with van der Waals surface area (Å²) in [5.41, 5.74) is 7.14. The van der Waals surface area contributed by atoms with Crippen molar-refractivity contribution in [3.8, 4) is 0 Å². The quantitative estimate of drug-likeness (QED) is 0.833. The van der Waals surface area contributed by atoms with E-state index in [1.165, 1.54) is 12.1 Å². The van der Waals surface area contributed by atoms with E-state index >= 15 is 0 Å². The summed E-state index contributed by atoms with van der Waals surface area (Å²) in [5, 5.41) is 0. The third kappa shape index (κ3) is 3.48. The van der Waals surface area contributed by atoms with Crippen LogP contribution in [0.1, 0.15) is 34.8 Å². The van der Waals surface area contributed by atoms with Crippen molar-refractivity contribution < 1.29 is 9.18 Å². The summed E-state index contributed by atoms with van der Waals surface area (Å²) in [4.78, 5) is 11.9.